The zero-order valence-corrected chi connectivity index (χ0v) is 37.0. The average Bonchev–Trinajstić information content (AvgIpc) is 3.10. The largest absolute Gasteiger partial charge is 1.00 e. The van der Waals surface area contributed by atoms with Gasteiger partial charge >= 0.3 is 15.5 Å². The zero-order valence-electron chi connectivity index (χ0n) is 32.0. The molecule has 0 saturated heterocycles. The second kappa shape index (κ2) is 24.1. The first kappa shape index (κ1) is 47.5. The Labute approximate surface area is 344 Å². The molecule has 2 N–H and O–H groups in total. The van der Waals surface area contributed by atoms with E-state index in [1.807, 2.05) is 72.8 Å². The van der Waals surface area contributed by atoms with Gasteiger partial charge < -0.3 is 61.0 Å². The van der Waals surface area contributed by atoms with E-state index in [0.29, 0.717) is 36.1 Å². The molecule has 4 aromatic carbocycles. The summed E-state index contributed by atoms with van der Waals surface area (Å²) >= 11 is 0. The van der Waals surface area contributed by atoms with Crippen LogP contribution >= 0.6 is 15.5 Å². The molecule has 0 aliphatic carbocycles. The Morgan fingerprint density at radius 2 is 0.648 bits per heavy atom. The molecule has 0 bridgehead atoms. The molecule has 0 saturated carbocycles. The molecule has 14 heteroatoms. The van der Waals surface area contributed by atoms with Gasteiger partial charge in [-0.3, -0.25) is 0 Å². The third-order valence-electron chi connectivity index (χ3n) is 8.70. The third kappa shape index (κ3) is 18.8. The standard InChI is InChI=1S/C40H58N4O6P2.2BrH/c1-43(2,35-31-41-51(45,47-37-23-13-9-14-24-37)48-38-25-15-10-16-26-38)33-21-7-5-6-8-22-34-44(3,4)36-32-42-52(46,49-39-27-17-11-18-28-39)50-40-29-19-12-20-30-40;;/h9-20,23-30H,5-8,21-22,31-36H2,1-4H3,(H,41,45)(H,42,46);2*1H/q+2;;/p-2. The molecule has 0 amide bonds. The number of nitrogens with zero attached hydrogens (tertiary/aromatic N) is 2. The average molecular weight is 913 g/mol. The van der Waals surface area contributed by atoms with Gasteiger partial charge in [-0.1, -0.05) is 85.6 Å². The van der Waals surface area contributed by atoms with Crippen LogP contribution in [0.15, 0.2) is 121 Å². The van der Waals surface area contributed by atoms with E-state index in [2.05, 4.69) is 38.4 Å². The summed E-state index contributed by atoms with van der Waals surface area (Å²) in [4.78, 5) is 0. The number of unbranched alkanes of at least 4 members (excludes halogenated alkanes) is 5. The normalized spacial score (nSPS) is 11.9. The second-order valence-electron chi connectivity index (χ2n) is 14.3. The van der Waals surface area contributed by atoms with Crippen LogP contribution < -0.4 is 62.2 Å². The van der Waals surface area contributed by atoms with Crippen LogP contribution in [0.3, 0.4) is 0 Å². The Morgan fingerprint density at radius 1 is 0.407 bits per heavy atom. The van der Waals surface area contributed by atoms with Crippen molar-refractivity contribution in [3.8, 4) is 23.0 Å². The summed E-state index contributed by atoms with van der Waals surface area (Å²) in [5.41, 5.74) is 0. The van der Waals surface area contributed by atoms with Gasteiger partial charge in [0.1, 0.15) is 23.0 Å². The van der Waals surface area contributed by atoms with Crippen LogP contribution in [-0.2, 0) is 9.13 Å². The molecule has 4 aromatic rings. The molecular weight excluding hydrogens is 854 g/mol. The molecule has 0 fully saturated rings. The minimum atomic E-state index is -3.64. The number of benzene rings is 4. The summed E-state index contributed by atoms with van der Waals surface area (Å²) < 4.78 is 52.4. The number of likely N-dealkylation sites (N-methyl/N-ethyl adjacent to an activating group) is 2. The fourth-order valence-corrected chi connectivity index (χ4v) is 8.31. The van der Waals surface area contributed by atoms with E-state index in [9.17, 15) is 9.13 Å². The van der Waals surface area contributed by atoms with Gasteiger partial charge in [0.15, 0.2) is 0 Å². The zero-order chi connectivity index (χ0) is 37.2. The SMILES string of the molecule is C[N+](C)(CCCCCCCC[N+](C)(C)CCNP(=O)(Oc1ccccc1)Oc1ccccc1)CCNP(=O)(Oc1ccccc1)Oc1ccccc1.[Br-].[Br-]. The Hall–Kier alpha value is -2.66. The highest BCUT2D eigenvalue weighted by Gasteiger charge is 2.31. The summed E-state index contributed by atoms with van der Waals surface area (Å²) in [7, 11) is 1.55. The fourth-order valence-electron chi connectivity index (χ4n) is 5.64. The van der Waals surface area contributed by atoms with E-state index in [0.717, 1.165) is 48.0 Å². The molecule has 0 spiro atoms. The molecule has 0 heterocycles. The molecule has 0 atom stereocenters. The summed E-state index contributed by atoms with van der Waals surface area (Å²) in [5, 5.41) is 6.18. The minimum Gasteiger partial charge on any atom is -1.00 e. The Bertz CT molecular complexity index is 1460. The maximum Gasteiger partial charge on any atom is 0.513 e. The quantitative estimate of drug-likeness (QED) is 0.0596. The van der Waals surface area contributed by atoms with Gasteiger partial charge in [-0.05, 0) is 74.2 Å². The van der Waals surface area contributed by atoms with Crippen molar-refractivity contribution in [3.05, 3.63) is 121 Å². The van der Waals surface area contributed by atoms with Crippen molar-refractivity contribution in [1.82, 2.24) is 10.2 Å². The van der Waals surface area contributed by atoms with Gasteiger partial charge in [-0.25, -0.2) is 9.13 Å². The minimum absolute atomic E-state index is 0. The van der Waals surface area contributed by atoms with Gasteiger partial charge in [-0.2, -0.15) is 10.2 Å². The van der Waals surface area contributed by atoms with Crippen molar-refractivity contribution >= 4 is 15.5 Å². The van der Waals surface area contributed by atoms with E-state index < -0.39 is 15.5 Å². The van der Waals surface area contributed by atoms with Crippen molar-refractivity contribution in [3.63, 3.8) is 0 Å². The first-order chi connectivity index (χ1) is 24.9. The van der Waals surface area contributed by atoms with Gasteiger partial charge in [-0.15, -0.1) is 0 Å². The van der Waals surface area contributed by atoms with Crippen molar-refractivity contribution in [2.45, 2.75) is 38.5 Å². The number of quaternary nitrogens is 2. The highest BCUT2D eigenvalue weighted by molar-refractivity contribution is 7.52. The van der Waals surface area contributed by atoms with Crippen LogP contribution in [0, 0.1) is 0 Å². The first-order valence-corrected chi connectivity index (χ1v) is 21.3. The lowest BCUT2D eigenvalue weighted by atomic mass is 10.1. The van der Waals surface area contributed by atoms with Crippen molar-refractivity contribution in [2.24, 2.45) is 0 Å². The Balaban J connectivity index is 0.00000504. The van der Waals surface area contributed by atoms with Crippen LogP contribution in [0.4, 0.5) is 0 Å². The van der Waals surface area contributed by atoms with Crippen molar-refractivity contribution in [2.75, 3.05) is 67.5 Å². The molecule has 54 heavy (non-hydrogen) atoms. The predicted molar refractivity (Wildman–Crippen MR) is 211 cm³/mol. The molecular formula is C40H58Br2N4O6P2. The highest BCUT2D eigenvalue weighted by Crippen LogP contribution is 2.45. The summed E-state index contributed by atoms with van der Waals surface area (Å²) in [5.74, 6) is 1.98. The van der Waals surface area contributed by atoms with Crippen LogP contribution in [0.25, 0.3) is 0 Å². The lowest BCUT2D eigenvalue weighted by Gasteiger charge is -2.31. The summed E-state index contributed by atoms with van der Waals surface area (Å²) in [6, 6.07) is 36.5. The molecule has 0 aliphatic rings. The van der Waals surface area contributed by atoms with E-state index in [-0.39, 0.29) is 34.0 Å². The first-order valence-electron chi connectivity index (χ1n) is 18.3. The van der Waals surface area contributed by atoms with E-state index in [4.69, 9.17) is 18.1 Å². The lowest BCUT2D eigenvalue weighted by molar-refractivity contribution is -0.889. The second-order valence-corrected chi connectivity index (χ2v) is 17.7. The fraction of sp³-hybridized carbons (Fsp3) is 0.400. The van der Waals surface area contributed by atoms with Gasteiger partial charge in [0.2, 0.25) is 0 Å². The number of halogens is 2. The summed E-state index contributed by atoms with van der Waals surface area (Å²) in [6.07, 6.45) is 7.04. The maximum atomic E-state index is 13.7. The van der Waals surface area contributed by atoms with E-state index >= 15 is 0 Å². The molecule has 0 unspecified atom stereocenters. The van der Waals surface area contributed by atoms with Crippen LogP contribution in [0.2, 0.25) is 0 Å². The molecule has 0 aromatic heterocycles. The smallest absolute Gasteiger partial charge is 0.513 e. The third-order valence-corrected chi connectivity index (χ3v) is 11.7. The molecule has 0 radical (unpaired) electrons. The number of nitrogens with one attached hydrogen (secondary N) is 2. The van der Waals surface area contributed by atoms with E-state index in [1.54, 1.807) is 48.5 Å². The van der Waals surface area contributed by atoms with Crippen molar-refractivity contribution < 1.29 is 70.2 Å². The molecule has 0 aliphatic heterocycles. The van der Waals surface area contributed by atoms with E-state index in [1.165, 1.54) is 25.7 Å². The number of hydrogen-bond acceptors (Lipinski definition) is 6. The number of rotatable bonds is 25. The Kier molecular flexibility index (Phi) is 21.2. The topological polar surface area (TPSA) is 95.1 Å². The Morgan fingerprint density at radius 3 is 0.907 bits per heavy atom. The van der Waals surface area contributed by atoms with Crippen molar-refractivity contribution in [1.29, 1.82) is 0 Å². The molecule has 4 rings (SSSR count). The number of para-hydroxylation sites is 4. The van der Waals surface area contributed by atoms with Crippen LogP contribution in [0.5, 0.6) is 23.0 Å². The monoisotopic (exact) mass is 910 g/mol. The van der Waals surface area contributed by atoms with Crippen LogP contribution in [0.1, 0.15) is 38.5 Å². The lowest BCUT2D eigenvalue weighted by Crippen LogP contribution is -3.00. The summed E-state index contributed by atoms with van der Waals surface area (Å²) in [6.45, 7) is 4.63. The molecule has 298 valence electrons. The predicted octanol–water partition coefficient (Wildman–Crippen LogP) is 3.20. The van der Waals surface area contributed by atoms with Crippen LogP contribution in [-0.4, -0.2) is 76.4 Å². The van der Waals surface area contributed by atoms with Gasteiger partial charge in [0.05, 0.1) is 67.5 Å². The van der Waals surface area contributed by atoms with Gasteiger partial charge in [0, 0.05) is 0 Å². The van der Waals surface area contributed by atoms with Gasteiger partial charge in [0.25, 0.3) is 0 Å². The highest BCUT2D eigenvalue weighted by atomic mass is 79.9. The maximum absolute atomic E-state index is 13.7. The number of hydrogen-bond donors (Lipinski definition) is 2. The molecule has 10 nitrogen and oxygen atoms in total.